The highest BCUT2D eigenvalue weighted by molar-refractivity contribution is 6.05. The van der Waals surface area contributed by atoms with Gasteiger partial charge in [-0.3, -0.25) is 9.59 Å². The van der Waals surface area contributed by atoms with E-state index in [4.69, 9.17) is 14.2 Å². The molecule has 0 heterocycles. The van der Waals surface area contributed by atoms with Crippen molar-refractivity contribution in [3.63, 3.8) is 0 Å². The molecule has 210 valence electrons. The molecule has 0 aromatic heterocycles. The minimum atomic E-state index is -2.97. The van der Waals surface area contributed by atoms with Crippen LogP contribution in [0.4, 0.5) is 14.5 Å². The van der Waals surface area contributed by atoms with Crippen LogP contribution in [0.15, 0.2) is 65.8 Å². The summed E-state index contributed by atoms with van der Waals surface area (Å²) < 4.78 is 46.2. The van der Waals surface area contributed by atoms with Crippen LogP contribution in [0.2, 0.25) is 0 Å². The molecule has 0 unspecified atom stereocenters. The molecule has 0 spiro atoms. The van der Waals surface area contributed by atoms with Crippen molar-refractivity contribution in [3.05, 3.63) is 77.4 Å². The molecule has 9 nitrogen and oxygen atoms in total. The van der Waals surface area contributed by atoms with Crippen LogP contribution in [0, 0.1) is 5.92 Å². The fourth-order valence-electron chi connectivity index (χ4n) is 3.67. The number of hydrogen-bond acceptors (Lipinski definition) is 7. The predicted molar refractivity (Wildman–Crippen MR) is 145 cm³/mol. The summed E-state index contributed by atoms with van der Waals surface area (Å²) in [5, 5.41) is 8.09. The third kappa shape index (κ3) is 7.46. The van der Waals surface area contributed by atoms with Crippen molar-refractivity contribution < 1.29 is 37.3 Å². The lowest BCUT2D eigenvalue weighted by Crippen LogP contribution is -2.21. The van der Waals surface area contributed by atoms with Crippen molar-refractivity contribution in [3.8, 4) is 23.0 Å². The number of carbonyl (C=O) groups excluding carboxylic acids is 2. The van der Waals surface area contributed by atoms with E-state index in [0.717, 1.165) is 17.9 Å². The number of hydrazone groups is 1. The smallest absolute Gasteiger partial charge is 0.387 e. The number of nitrogens with zero attached hydrogens (tertiary/aromatic N) is 2. The monoisotopic (exact) mass is 553 g/mol. The van der Waals surface area contributed by atoms with E-state index < -0.39 is 12.5 Å². The fraction of sp³-hybridized carbons (Fsp3) is 0.276. The summed E-state index contributed by atoms with van der Waals surface area (Å²) in [6, 6.07) is 15.6. The van der Waals surface area contributed by atoms with Gasteiger partial charge in [0.15, 0.2) is 23.0 Å². The SMILES string of the molecule is COc1ccc(C(=O)Nc2ccc(C(=O)N(C)N=Cc3ccc(OC(F)F)c(OCC4CC4)c3)cc2)cc1OC. The van der Waals surface area contributed by atoms with Gasteiger partial charge < -0.3 is 24.3 Å². The van der Waals surface area contributed by atoms with E-state index in [1.165, 1.54) is 39.6 Å². The predicted octanol–water partition coefficient (Wildman–Crippen LogP) is 5.45. The molecular formula is C29H29F2N3O6. The number of methoxy groups -OCH3 is 2. The van der Waals surface area contributed by atoms with E-state index in [9.17, 15) is 18.4 Å². The second-order valence-corrected chi connectivity index (χ2v) is 9.01. The number of alkyl halides is 2. The number of halogens is 2. The minimum absolute atomic E-state index is 0.0597. The third-order valence-corrected chi connectivity index (χ3v) is 6.06. The Kier molecular flexibility index (Phi) is 9.15. The molecule has 0 radical (unpaired) electrons. The molecule has 1 aliphatic carbocycles. The summed E-state index contributed by atoms with van der Waals surface area (Å²) in [6.07, 6.45) is 3.51. The van der Waals surface area contributed by atoms with Crippen molar-refractivity contribution in [2.45, 2.75) is 19.5 Å². The minimum Gasteiger partial charge on any atom is -0.493 e. The Morgan fingerprint density at radius 3 is 2.27 bits per heavy atom. The number of hydrogen-bond donors (Lipinski definition) is 1. The summed E-state index contributed by atoms with van der Waals surface area (Å²) in [4.78, 5) is 25.5. The zero-order valence-corrected chi connectivity index (χ0v) is 22.2. The Hall–Kier alpha value is -4.67. The van der Waals surface area contributed by atoms with E-state index >= 15 is 0 Å². The Balaban J connectivity index is 1.38. The maximum absolute atomic E-state index is 12.8. The van der Waals surface area contributed by atoms with Gasteiger partial charge in [-0.25, -0.2) is 5.01 Å². The molecule has 11 heteroatoms. The highest BCUT2D eigenvalue weighted by Gasteiger charge is 2.23. The molecule has 0 aliphatic heterocycles. The number of ether oxygens (including phenoxy) is 4. The topological polar surface area (TPSA) is 98.7 Å². The maximum atomic E-state index is 12.8. The average Bonchev–Trinajstić information content (AvgIpc) is 3.79. The molecular weight excluding hydrogens is 524 g/mol. The first-order valence-electron chi connectivity index (χ1n) is 12.4. The highest BCUT2D eigenvalue weighted by atomic mass is 19.3. The van der Waals surface area contributed by atoms with Crippen LogP contribution < -0.4 is 24.3 Å². The van der Waals surface area contributed by atoms with Crippen LogP contribution in [0.25, 0.3) is 0 Å². The summed E-state index contributed by atoms with van der Waals surface area (Å²) in [5.41, 5.74) is 1.76. The molecule has 40 heavy (non-hydrogen) atoms. The third-order valence-electron chi connectivity index (χ3n) is 6.06. The van der Waals surface area contributed by atoms with Crippen LogP contribution in [0.5, 0.6) is 23.0 Å². The summed E-state index contributed by atoms with van der Waals surface area (Å²) in [5.74, 6) is 0.745. The van der Waals surface area contributed by atoms with E-state index in [1.807, 2.05) is 0 Å². The van der Waals surface area contributed by atoms with Crippen LogP contribution in [-0.2, 0) is 0 Å². The number of benzene rings is 3. The average molecular weight is 554 g/mol. The van der Waals surface area contributed by atoms with Crippen molar-refractivity contribution in [2.75, 3.05) is 33.2 Å². The lowest BCUT2D eigenvalue weighted by Gasteiger charge is -2.14. The van der Waals surface area contributed by atoms with Gasteiger partial charge in [0.25, 0.3) is 11.8 Å². The second kappa shape index (κ2) is 12.9. The van der Waals surface area contributed by atoms with Crippen LogP contribution in [0.1, 0.15) is 39.1 Å². The number of carbonyl (C=O) groups is 2. The Morgan fingerprint density at radius 1 is 0.950 bits per heavy atom. The number of nitrogens with one attached hydrogen (secondary N) is 1. The number of anilines is 1. The van der Waals surface area contributed by atoms with Gasteiger partial charge in [-0.05, 0) is 85.0 Å². The molecule has 0 saturated heterocycles. The van der Waals surface area contributed by atoms with Gasteiger partial charge in [0.05, 0.1) is 27.0 Å². The molecule has 3 aromatic carbocycles. The standard InChI is InChI=1S/C29H29F2N3O6/c1-34(32-16-19-6-12-24(40-29(30)31)26(14-19)39-17-18-4-5-18)28(36)20-7-10-22(11-8-20)33-27(35)21-9-13-23(37-2)25(15-21)38-3/h6-16,18,29H,4-5,17H2,1-3H3,(H,33,35). The van der Waals surface area contributed by atoms with Crippen molar-refractivity contribution in [2.24, 2.45) is 11.0 Å². The summed E-state index contributed by atoms with van der Waals surface area (Å²) >= 11 is 0. The zero-order chi connectivity index (χ0) is 28.6. The van der Waals surface area contributed by atoms with E-state index in [-0.39, 0.29) is 17.4 Å². The normalized spacial score (nSPS) is 12.8. The van der Waals surface area contributed by atoms with Gasteiger partial charge >= 0.3 is 6.61 Å². The largest absolute Gasteiger partial charge is 0.493 e. The molecule has 0 bridgehead atoms. The molecule has 3 aromatic rings. The first-order valence-corrected chi connectivity index (χ1v) is 12.4. The van der Waals surface area contributed by atoms with Crippen molar-refractivity contribution in [1.82, 2.24) is 5.01 Å². The van der Waals surface area contributed by atoms with Gasteiger partial charge in [-0.2, -0.15) is 13.9 Å². The lowest BCUT2D eigenvalue weighted by molar-refractivity contribution is -0.0515. The van der Waals surface area contributed by atoms with Gasteiger partial charge in [0.2, 0.25) is 0 Å². The zero-order valence-electron chi connectivity index (χ0n) is 22.2. The quantitative estimate of drug-likeness (QED) is 0.237. The Bertz CT molecular complexity index is 1380. The van der Waals surface area contributed by atoms with E-state index in [2.05, 4.69) is 15.2 Å². The van der Waals surface area contributed by atoms with Crippen molar-refractivity contribution >= 4 is 23.7 Å². The Morgan fingerprint density at radius 2 is 1.62 bits per heavy atom. The molecule has 1 fully saturated rings. The molecule has 1 saturated carbocycles. The number of rotatable bonds is 12. The highest BCUT2D eigenvalue weighted by Crippen LogP contribution is 2.34. The van der Waals surface area contributed by atoms with Gasteiger partial charge in [0.1, 0.15) is 0 Å². The summed E-state index contributed by atoms with van der Waals surface area (Å²) in [7, 11) is 4.49. The maximum Gasteiger partial charge on any atom is 0.387 e. The lowest BCUT2D eigenvalue weighted by atomic mass is 10.1. The summed E-state index contributed by atoms with van der Waals surface area (Å²) in [6.45, 7) is -2.55. The van der Waals surface area contributed by atoms with Crippen LogP contribution >= 0.6 is 0 Å². The van der Waals surface area contributed by atoms with Gasteiger partial charge in [-0.15, -0.1) is 0 Å². The van der Waals surface area contributed by atoms with Gasteiger partial charge in [0, 0.05) is 23.9 Å². The van der Waals surface area contributed by atoms with Crippen molar-refractivity contribution in [1.29, 1.82) is 0 Å². The Labute approximate surface area is 230 Å². The number of amides is 2. The second-order valence-electron chi connectivity index (χ2n) is 9.01. The van der Waals surface area contributed by atoms with Crippen LogP contribution in [-0.4, -0.2) is 57.5 Å². The van der Waals surface area contributed by atoms with E-state index in [0.29, 0.717) is 46.4 Å². The first-order chi connectivity index (χ1) is 19.3. The van der Waals surface area contributed by atoms with Gasteiger partial charge in [-0.1, -0.05) is 0 Å². The molecule has 4 rings (SSSR count). The molecule has 0 atom stereocenters. The fourth-order valence-corrected chi connectivity index (χ4v) is 3.67. The first kappa shape index (κ1) is 28.3. The van der Waals surface area contributed by atoms with E-state index in [1.54, 1.807) is 48.5 Å². The van der Waals surface area contributed by atoms with Crippen LogP contribution in [0.3, 0.4) is 0 Å². The molecule has 1 aliphatic rings. The molecule has 2 amide bonds. The molecule has 1 N–H and O–H groups in total.